The standard InChI is InChI=1S/C14H18BrN3S/c1-5-16-11-8-10(14(2,3)4)17-13(18-11)12-9(15)6-7-19-12/h6-8H,5H2,1-4H3,(H,16,17,18). The zero-order valence-corrected chi connectivity index (χ0v) is 14.0. The van der Waals surface area contributed by atoms with Gasteiger partial charge in [-0.25, -0.2) is 9.97 Å². The highest BCUT2D eigenvalue weighted by atomic mass is 79.9. The van der Waals surface area contributed by atoms with Crippen LogP contribution in [0.5, 0.6) is 0 Å². The molecule has 5 heteroatoms. The van der Waals surface area contributed by atoms with Crippen LogP contribution in [0, 0.1) is 0 Å². The predicted octanol–water partition coefficient (Wildman–Crippen LogP) is 4.70. The molecule has 0 saturated carbocycles. The molecule has 0 aliphatic rings. The van der Waals surface area contributed by atoms with Gasteiger partial charge in [0, 0.05) is 22.5 Å². The van der Waals surface area contributed by atoms with E-state index in [9.17, 15) is 0 Å². The van der Waals surface area contributed by atoms with Crippen LogP contribution in [0.1, 0.15) is 33.4 Å². The van der Waals surface area contributed by atoms with E-state index in [1.165, 1.54) is 0 Å². The molecule has 0 bridgehead atoms. The van der Waals surface area contributed by atoms with Gasteiger partial charge in [-0.2, -0.15) is 0 Å². The second-order valence-electron chi connectivity index (χ2n) is 5.34. The number of nitrogens with one attached hydrogen (secondary N) is 1. The highest BCUT2D eigenvalue weighted by Crippen LogP contribution is 2.33. The molecule has 19 heavy (non-hydrogen) atoms. The number of thiophene rings is 1. The van der Waals surface area contributed by atoms with Crippen molar-refractivity contribution < 1.29 is 0 Å². The molecule has 0 aromatic carbocycles. The topological polar surface area (TPSA) is 37.8 Å². The van der Waals surface area contributed by atoms with E-state index in [0.29, 0.717) is 0 Å². The van der Waals surface area contributed by atoms with E-state index in [2.05, 4.69) is 53.9 Å². The lowest BCUT2D eigenvalue weighted by Gasteiger charge is -2.19. The number of nitrogens with zero attached hydrogens (tertiary/aromatic N) is 2. The van der Waals surface area contributed by atoms with E-state index < -0.39 is 0 Å². The number of rotatable bonds is 3. The zero-order valence-electron chi connectivity index (χ0n) is 11.6. The highest BCUT2D eigenvalue weighted by molar-refractivity contribution is 9.10. The Hall–Kier alpha value is -0.940. The maximum absolute atomic E-state index is 4.72. The maximum atomic E-state index is 4.72. The van der Waals surface area contributed by atoms with Crippen LogP contribution < -0.4 is 5.32 Å². The summed E-state index contributed by atoms with van der Waals surface area (Å²) in [4.78, 5) is 10.4. The quantitative estimate of drug-likeness (QED) is 0.880. The minimum atomic E-state index is 0.00555. The second kappa shape index (κ2) is 5.59. The van der Waals surface area contributed by atoms with Crippen molar-refractivity contribution in [2.45, 2.75) is 33.1 Å². The lowest BCUT2D eigenvalue weighted by molar-refractivity contribution is 0.568. The minimum Gasteiger partial charge on any atom is -0.370 e. The van der Waals surface area contributed by atoms with Crippen molar-refractivity contribution >= 4 is 33.1 Å². The second-order valence-corrected chi connectivity index (χ2v) is 7.11. The van der Waals surface area contributed by atoms with Gasteiger partial charge in [-0.1, -0.05) is 20.8 Å². The molecule has 0 spiro atoms. The van der Waals surface area contributed by atoms with Gasteiger partial charge in [0.05, 0.1) is 10.6 Å². The first-order valence-electron chi connectivity index (χ1n) is 6.28. The molecular formula is C14H18BrN3S. The molecule has 102 valence electrons. The molecular weight excluding hydrogens is 322 g/mol. The third-order valence-electron chi connectivity index (χ3n) is 2.67. The average molecular weight is 340 g/mol. The Bertz CT molecular complexity index is 572. The van der Waals surface area contributed by atoms with Gasteiger partial charge >= 0.3 is 0 Å². The van der Waals surface area contributed by atoms with Crippen molar-refractivity contribution in [1.82, 2.24) is 9.97 Å². The lowest BCUT2D eigenvalue weighted by atomic mass is 9.92. The summed E-state index contributed by atoms with van der Waals surface area (Å²) in [5.41, 5.74) is 1.06. The number of halogens is 1. The normalized spacial score (nSPS) is 11.6. The average Bonchev–Trinajstić information content (AvgIpc) is 2.74. The van der Waals surface area contributed by atoms with Crippen LogP contribution in [-0.4, -0.2) is 16.5 Å². The van der Waals surface area contributed by atoms with Crippen molar-refractivity contribution in [3.05, 3.63) is 27.7 Å². The van der Waals surface area contributed by atoms with E-state index in [0.717, 1.165) is 33.2 Å². The molecule has 0 aliphatic heterocycles. The Labute approximate surface area is 126 Å². The third kappa shape index (κ3) is 3.34. The monoisotopic (exact) mass is 339 g/mol. The van der Waals surface area contributed by atoms with Crippen molar-refractivity contribution in [2.24, 2.45) is 0 Å². The van der Waals surface area contributed by atoms with Crippen molar-refractivity contribution in [3.63, 3.8) is 0 Å². The first-order chi connectivity index (χ1) is 8.91. The molecule has 3 nitrogen and oxygen atoms in total. The number of hydrogen-bond acceptors (Lipinski definition) is 4. The first-order valence-corrected chi connectivity index (χ1v) is 7.96. The van der Waals surface area contributed by atoms with E-state index in [4.69, 9.17) is 4.98 Å². The smallest absolute Gasteiger partial charge is 0.173 e. The van der Waals surface area contributed by atoms with E-state index in [1.54, 1.807) is 11.3 Å². The van der Waals surface area contributed by atoms with E-state index in [1.807, 2.05) is 17.5 Å². The first kappa shape index (κ1) is 14.5. The molecule has 2 aromatic rings. The summed E-state index contributed by atoms with van der Waals surface area (Å²) in [5, 5.41) is 5.32. The van der Waals surface area contributed by atoms with Gasteiger partial charge in [-0.3, -0.25) is 0 Å². The molecule has 0 aliphatic carbocycles. The largest absolute Gasteiger partial charge is 0.370 e. The third-order valence-corrected chi connectivity index (χ3v) is 4.51. The SMILES string of the molecule is CCNc1cc(C(C)(C)C)nc(-c2sccc2Br)n1. The molecule has 0 radical (unpaired) electrons. The van der Waals surface area contributed by atoms with Crippen LogP contribution in [0.4, 0.5) is 5.82 Å². The Balaban J connectivity index is 2.55. The summed E-state index contributed by atoms with van der Waals surface area (Å²) in [5.74, 6) is 1.67. The fourth-order valence-electron chi connectivity index (χ4n) is 1.66. The Morgan fingerprint density at radius 3 is 2.58 bits per heavy atom. The van der Waals surface area contributed by atoms with Gasteiger partial charge in [0.1, 0.15) is 5.82 Å². The summed E-state index contributed by atoms with van der Waals surface area (Å²) in [6, 6.07) is 4.06. The fourth-order valence-corrected chi connectivity index (χ4v) is 3.14. The summed E-state index contributed by atoms with van der Waals surface area (Å²) in [6.45, 7) is 9.42. The molecule has 0 fully saturated rings. The molecule has 0 unspecified atom stereocenters. The van der Waals surface area contributed by atoms with Gasteiger partial charge in [-0.05, 0) is 34.3 Å². The predicted molar refractivity (Wildman–Crippen MR) is 85.9 cm³/mol. The number of aromatic nitrogens is 2. The molecule has 2 rings (SSSR count). The van der Waals surface area contributed by atoms with Gasteiger partial charge in [0.25, 0.3) is 0 Å². The number of anilines is 1. The summed E-state index contributed by atoms with van der Waals surface area (Å²) >= 11 is 5.20. The molecule has 2 heterocycles. The van der Waals surface area contributed by atoms with Crippen LogP contribution in [0.3, 0.4) is 0 Å². The van der Waals surface area contributed by atoms with Crippen molar-refractivity contribution in [1.29, 1.82) is 0 Å². The van der Waals surface area contributed by atoms with Crippen LogP contribution in [0.25, 0.3) is 10.7 Å². The summed E-state index contributed by atoms with van der Waals surface area (Å²) in [6.07, 6.45) is 0. The Morgan fingerprint density at radius 1 is 1.32 bits per heavy atom. The van der Waals surface area contributed by atoms with Gasteiger partial charge in [0.15, 0.2) is 5.82 Å². The van der Waals surface area contributed by atoms with Gasteiger partial charge < -0.3 is 5.32 Å². The van der Waals surface area contributed by atoms with Crippen LogP contribution in [0.2, 0.25) is 0 Å². The van der Waals surface area contributed by atoms with E-state index >= 15 is 0 Å². The van der Waals surface area contributed by atoms with Gasteiger partial charge in [-0.15, -0.1) is 11.3 Å². The molecule has 0 saturated heterocycles. The van der Waals surface area contributed by atoms with Crippen molar-refractivity contribution in [2.75, 3.05) is 11.9 Å². The van der Waals surface area contributed by atoms with Gasteiger partial charge in [0.2, 0.25) is 0 Å². The molecule has 2 aromatic heterocycles. The lowest BCUT2D eigenvalue weighted by Crippen LogP contribution is -2.15. The Kier molecular flexibility index (Phi) is 4.26. The molecule has 1 N–H and O–H groups in total. The molecule has 0 atom stereocenters. The van der Waals surface area contributed by atoms with Crippen LogP contribution >= 0.6 is 27.3 Å². The zero-order chi connectivity index (χ0) is 14.0. The highest BCUT2D eigenvalue weighted by Gasteiger charge is 2.19. The number of hydrogen-bond donors (Lipinski definition) is 1. The Morgan fingerprint density at radius 2 is 2.05 bits per heavy atom. The summed E-state index contributed by atoms with van der Waals surface area (Å²) in [7, 11) is 0. The minimum absolute atomic E-state index is 0.00555. The molecule has 0 amide bonds. The fraction of sp³-hybridized carbons (Fsp3) is 0.429. The summed E-state index contributed by atoms with van der Waals surface area (Å²) < 4.78 is 1.05. The van der Waals surface area contributed by atoms with Crippen LogP contribution in [-0.2, 0) is 5.41 Å². The van der Waals surface area contributed by atoms with Crippen LogP contribution in [0.15, 0.2) is 22.0 Å². The maximum Gasteiger partial charge on any atom is 0.173 e. The van der Waals surface area contributed by atoms with E-state index in [-0.39, 0.29) is 5.41 Å². The van der Waals surface area contributed by atoms with Crippen molar-refractivity contribution in [3.8, 4) is 10.7 Å².